The summed E-state index contributed by atoms with van der Waals surface area (Å²) in [5.41, 5.74) is 0. The van der Waals surface area contributed by atoms with E-state index in [0.717, 1.165) is 19.1 Å². The van der Waals surface area contributed by atoms with Gasteiger partial charge in [0.2, 0.25) is 0 Å². The molecule has 1 nitrogen and oxygen atoms in total. The monoisotopic (exact) mass is 132 g/mol. The Morgan fingerprint density at radius 3 is 2.75 bits per heavy atom. The van der Waals surface area contributed by atoms with Crippen LogP contribution in [0, 0.1) is 0 Å². The summed E-state index contributed by atoms with van der Waals surface area (Å²) in [6.45, 7) is 0. The number of thioether (sulfide) groups is 1. The van der Waals surface area contributed by atoms with Crippen molar-refractivity contribution in [3.63, 3.8) is 0 Å². The Hall–Kier alpha value is 0.0200. The van der Waals surface area contributed by atoms with Crippen molar-refractivity contribution in [2.75, 3.05) is 12.0 Å². The van der Waals surface area contributed by atoms with E-state index in [1.165, 1.54) is 12.2 Å². The first-order valence-corrected chi connectivity index (χ1v) is 4.23. The molecule has 0 N–H and O–H groups in total. The number of carbonyl (C=O) groups excluding carboxylic acids is 1. The van der Waals surface area contributed by atoms with Gasteiger partial charge in [0, 0.05) is 6.42 Å². The lowest BCUT2D eigenvalue weighted by Crippen LogP contribution is -1.79. The van der Waals surface area contributed by atoms with Crippen molar-refractivity contribution in [3.05, 3.63) is 0 Å². The molecule has 0 atom stereocenters. The Labute approximate surface area is 54.8 Å². The Balaban J connectivity index is 2.62. The highest BCUT2D eigenvalue weighted by molar-refractivity contribution is 7.98. The predicted octanol–water partition coefficient (Wildman–Crippen LogP) is 1.72. The topological polar surface area (TPSA) is 17.1 Å². The van der Waals surface area contributed by atoms with Crippen LogP contribution in [0.4, 0.5) is 0 Å². The Morgan fingerprint density at radius 1 is 1.50 bits per heavy atom. The van der Waals surface area contributed by atoms with Gasteiger partial charge in [-0.15, -0.1) is 0 Å². The maximum atomic E-state index is 9.76. The zero-order valence-corrected chi connectivity index (χ0v) is 6.04. The van der Waals surface area contributed by atoms with E-state index in [9.17, 15) is 4.79 Å². The summed E-state index contributed by atoms with van der Waals surface area (Å²) in [5, 5.41) is 0. The number of hydrogen-bond acceptors (Lipinski definition) is 2. The number of rotatable bonds is 5. The van der Waals surface area contributed by atoms with Gasteiger partial charge in [-0.1, -0.05) is 0 Å². The van der Waals surface area contributed by atoms with Crippen LogP contribution in [-0.4, -0.2) is 18.3 Å². The van der Waals surface area contributed by atoms with Crippen molar-refractivity contribution in [2.45, 2.75) is 19.3 Å². The molecule has 0 radical (unpaired) electrons. The molecular formula is C6H12OS. The summed E-state index contributed by atoms with van der Waals surface area (Å²) in [4.78, 5) is 9.76. The molecular weight excluding hydrogens is 120 g/mol. The molecule has 0 aromatic heterocycles. The summed E-state index contributed by atoms with van der Waals surface area (Å²) >= 11 is 1.84. The molecule has 0 aliphatic heterocycles. The molecule has 0 aliphatic rings. The second kappa shape index (κ2) is 7.02. The smallest absolute Gasteiger partial charge is 0.119 e. The zero-order chi connectivity index (χ0) is 6.24. The molecule has 0 unspecified atom stereocenters. The van der Waals surface area contributed by atoms with Gasteiger partial charge in [-0.25, -0.2) is 0 Å². The number of unbranched alkanes of at least 4 members (excludes halogenated alkanes) is 2. The average Bonchev–Trinajstić information content (AvgIpc) is 1.81. The lowest BCUT2D eigenvalue weighted by atomic mass is 10.3. The van der Waals surface area contributed by atoms with Crippen LogP contribution in [0.5, 0.6) is 0 Å². The van der Waals surface area contributed by atoms with Gasteiger partial charge in [-0.05, 0) is 24.9 Å². The van der Waals surface area contributed by atoms with Crippen molar-refractivity contribution in [2.24, 2.45) is 0 Å². The van der Waals surface area contributed by atoms with Crippen LogP contribution in [0.2, 0.25) is 0 Å². The minimum atomic E-state index is 0.737. The lowest BCUT2D eigenvalue weighted by Gasteiger charge is -1.90. The van der Waals surface area contributed by atoms with Gasteiger partial charge >= 0.3 is 0 Å². The van der Waals surface area contributed by atoms with Crippen LogP contribution < -0.4 is 0 Å². The largest absolute Gasteiger partial charge is 0.303 e. The molecule has 2 heteroatoms. The molecule has 0 fully saturated rings. The summed E-state index contributed by atoms with van der Waals surface area (Å²) in [6, 6.07) is 0. The molecule has 0 rings (SSSR count). The van der Waals surface area contributed by atoms with E-state index >= 15 is 0 Å². The minimum Gasteiger partial charge on any atom is -0.303 e. The minimum absolute atomic E-state index is 0.737. The lowest BCUT2D eigenvalue weighted by molar-refractivity contribution is -0.107. The van der Waals surface area contributed by atoms with E-state index in [1.807, 2.05) is 11.8 Å². The highest BCUT2D eigenvalue weighted by Gasteiger charge is 1.83. The van der Waals surface area contributed by atoms with Crippen LogP contribution in [0.25, 0.3) is 0 Å². The first-order chi connectivity index (χ1) is 3.91. The van der Waals surface area contributed by atoms with Crippen molar-refractivity contribution >= 4 is 18.0 Å². The third kappa shape index (κ3) is 6.02. The summed E-state index contributed by atoms with van der Waals surface area (Å²) in [5.74, 6) is 1.19. The van der Waals surface area contributed by atoms with E-state index in [-0.39, 0.29) is 0 Å². The molecule has 48 valence electrons. The van der Waals surface area contributed by atoms with Crippen LogP contribution in [-0.2, 0) is 4.79 Å². The molecule has 0 aliphatic carbocycles. The van der Waals surface area contributed by atoms with Crippen LogP contribution in [0.3, 0.4) is 0 Å². The van der Waals surface area contributed by atoms with E-state index < -0.39 is 0 Å². The zero-order valence-electron chi connectivity index (χ0n) is 5.22. The first-order valence-electron chi connectivity index (χ1n) is 2.84. The molecule has 0 aromatic carbocycles. The molecule has 0 bridgehead atoms. The van der Waals surface area contributed by atoms with Crippen molar-refractivity contribution < 1.29 is 4.79 Å². The fraction of sp³-hybridized carbons (Fsp3) is 0.833. The fourth-order valence-electron chi connectivity index (χ4n) is 0.474. The van der Waals surface area contributed by atoms with Gasteiger partial charge in [0.25, 0.3) is 0 Å². The van der Waals surface area contributed by atoms with Crippen molar-refractivity contribution in [1.29, 1.82) is 0 Å². The number of hydrogen-bond donors (Lipinski definition) is 0. The Bertz CT molecular complexity index is 54.5. The molecule has 0 spiro atoms. The maximum absolute atomic E-state index is 9.76. The summed E-state index contributed by atoms with van der Waals surface area (Å²) in [7, 11) is 0. The van der Waals surface area contributed by atoms with Crippen LogP contribution in [0.1, 0.15) is 19.3 Å². The Kier molecular flexibility index (Phi) is 7.04. The van der Waals surface area contributed by atoms with Gasteiger partial charge in [-0.2, -0.15) is 11.8 Å². The van der Waals surface area contributed by atoms with Crippen LogP contribution >= 0.6 is 11.8 Å². The van der Waals surface area contributed by atoms with Crippen LogP contribution in [0.15, 0.2) is 0 Å². The molecule has 0 aromatic rings. The second-order valence-corrected chi connectivity index (χ2v) is 2.64. The van der Waals surface area contributed by atoms with Gasteiger partial charge in [0.05, 0.1) is 0 Å². The highest BCUT2D eigenvalue weighted by atomic mass is 32.2. The molecule has 8 heavy (non-hydrogen) atoms. The average molecular weight is 132 g/mol. The normalized spacial score (nSPS) is 9.12. The quantitative estimate of drug-likeness (QED) is 0.418. The van der Waals surface area contributed by atoms with Gasteiger partial charge in [0.15, 0.2) is 0 Å². The first kappa shape index (κ1) is 8.02. The molecule has 0 saturated carbocycles. The number of carbonyl (C=O) groups is 1. The summed E-state index contributed by atoms with van der Waals surface area (Å²) in [6.07, 6.45) is 6.05. The van der Waals surface area contributed by atoms with E-state index in [1.54, 1.807) is 0 Å². The standard InChI is InChI=1S/C6H12OS/c1-8-6-4-2-3-5-7/h5H,2-4,6H2,1H3. The Morgan fingerprint density at radius 2 is 2.25 bits per heavy atom. The van der Waals surface area contributed by atoms with Gasteiger partial charge in [0.1, 0.15) is 6.29 Å². The SMILES string of the molecule is CSCCCCC=O. The number of aldehydes is 1. The van der Waals surface area contributed by atoms with E-state index in [2.05, 4.69) is 6.26 Å². The third-order valence-electron chi connectivity index (χ3n) is 0.920. The van der Waals surface area contributed by atoms with E-state index in [0.29, 0.717) is 0 Å². The predicted molar refractivity (Wildman–Crippen MR) is 38.3 cm³/mol. The molecule has 0 heterocycles. The fourth-order valence-corrected chi connectivity index (χ4v) is 0.967. The summed E-state index contributed by atoms with van der Waals surface area (Å²) < 4.78 is 0. The van der Waals surface area contributed by atoms with Crippen molar-refractivity contribution in [3.8, 4) is 0 Å². The second-order valence-electron chi connectivity index (χ2n) is 1.66. The molecule has 0 saturated heterocycles. The highest BCUT2D eigenvalue weighted by Crippen LogP contribution is 1.99. The van der Waals surface area contributed by atoms with Gasteiger partial charge in [-0.3, -0.25) is 0 Å². The maximum Gasteiger partial charge on any atom is 0.119 e. The van der Waals surface area contributed by atoms with Gasteiger partial charge < -0.3 is 4.79 Å². The van der Waals surface area contributed by atoms with Crippen molar-refractivity contribution in [1.82, 2.24) is 0 Å². The third-order valence-corrected chi connectivity index (χ3v) is 1.62. The molecule has 0 amide bonds. The van der Waals surface area contributed by atoms with E-state index in [4.69, 9.17) is 0 Å².